The Labute approximate surface area is 179 Å². The largest absolute Gasteiger partial charge is 0.495 e. The van der Waals surface area contributed by atoms with Gasteiger partial charge in [0.15, 0.2) is 21.3 Å². The molecule has 0 radical (unpaired) electrons. The molecule has 30 heavy (non-hydrogen) atoms. The van der Waals surface area contributed by atoms with Crippen LogP contribution in [-0.2, 0) is 9.84 Å². The van der Waals surface area contributed by atoms with E-state index in [2.05, 4.69) is 0 Å². The number of benzene rings is 3. The molecule has 0 N–H and O–H groups in total. The summed E-state index contributed by atoms with van der Waals surface area (Å²) in [5.74, 6) is 2.19. The van der Waals surface area contributed by atoms with E-state index in [1.54, 1.807) is 24.3 Å². The first-order chi connectivity index (χ1) is 14.3. The van der Waals surface area contributed by atoms with Crippen LogP contribution in [0, 0.1) is 0 Å². The molecular weight excluding hydrogens is 428 g/mol. The summed E-state index contributed by atoms with van der Waals surface area (Å²) in [5.41, 5.74) is 3.29. The van der Waals surface area contributed by atoms with E-state index in [1.165, 1.54) is 20.5 Å². The number of ether oxygens (including phenoxy) is 4. The zero-order valence-electron chi connectivity index (χ0n) is 16.6. The van der Waals surface area contributed by atoms with Gasteiger partial charge in [-0.15, -0.1) is 0 Å². The van der Waals surface area contributed by atoms with Crippen molar-refractivity contribution < 1.29 is 27.4 Å². The average Bonchev–Trinajstić information content (AvgIpc) is 3.20. The second-order valence-electron chi connectivity index (χ2n) is 6.74. The van der Waals surface area contributed by atoms with E-state index in [0.29, 0.717) is 28.0 Å². The molecule has 1 heterocycles. The summed E-state index contributed by atoms with van der Waals surface area (Å²) in [6.45, 7) is 0.137. The molecule has 0 saturated heterocycles. The molecule has 0 bridgehead atoms. The summed E-state index contributed by atoms with van der Waals surface area (Å²) < 4.78 is 45.6. The number of methoxy groups -OCH3 is 2. The highest BCUT2D eigenvalue weighted by Crippen LogP contribution is 2.46. The Morgan fingerprint density at radius 1 is 0.833 bits per heavy atom. The standard InChI is InChI=1S/C22H19ClO6S/c1-26-20-8-14(9-21(27-2)22(20)23)17-11-19-18(28-12-29-19)10-16(17)13-4-6-15(7-5-13)30(3,24)25/h4-11H,12H2,1-3H3. The lowest BCUT2D eigenvalue weighted by molar-refractivity contribution is 0.174. The number of hydrogen-bond donors (Lipinski definition) is 0. The normalized spacial score (nSPS) is 12.7. The Kier molecular flexibility index (Phi) is 5.26. The highest BCUT2D eigenvalue weighted by Gasteiger charge is 2.21. The topological polar surface area (TPSA) is 71.1 Å². The smallest absolute Gasteiger partial charge is 0.231 e. The van der Waals surface area contributed by atoms with Crippen molar-refractivity contribution in [3.63, 3.8) is 0 Å². The van der Waals surface area contributed by atoms with Crippen LogP contribution < -0.4 is 18.9 Å². The van der Waals surface area contributed by atoms with Crippen molar-refractivity contribution in [2.45, 2.75) is 4.90 Å². The maximum Gasteiger partial charge on any atom is 0.231 e. The molecule has 0 fully saturated rings. The number of rotatable bonds is 5. The van der Waals surface area contributed by atoms with Crippen LogP contribution in [0.25, 0.3) is 22.3 Å². The molecular formula is C22H19ClO6S. The highest BCUT2D eigenvalue weighted by molar-refractivity contribution is 7.90. The molecule has 8 heteroatoms. The van der Waals surface area contributed by atoms with Crippen LogP contribution in [0.5, 0.6) is 23.0 Å². The Bertz CT molecular complexity index is 1190. The van der Waals surface area contributed by atoms with Crippen molar-refractivity contribution in [1.29, 1.82) is 0 Å². The van der Waals surface area contributed by atoms with Gasteiger partial charge in [0, 0.05) is 6.26 Å². The fourth-order valence-electron chi connectivity index (χ4n) is 3.33. The third kappa shape index (κ3) is 3.66. The lowest BCUT2D eigenvalue weighted by Gasteiger charge is -2.15. The van der Waals surface area contributed by atoms with Gasteiger partial charge in [0.1, 0.15) is 16.5 Å². The molecule has 1 aliphatic heterocycles. The van der Waals surface area contributed by atoms with E-state index in [4.69, 9.17) is 30.5 Å². The Hall–Kier alpha value is -2.90. The van der Waals surface area contributed by atoms with Crippen LogP contribution in [0.3, 0.4) is 0 Å². The van der Waals surface area contributed by atoms with Crippen LogP contribution in [0.4, 0.5) is 0 Å². The van der Waals surface area contributed by atoms with E-state index >= 15 is 0 Å². The molecule has 4 rings (SSSR count). The van der Waals surface area contributed by atoms with Gasteiger partial charge in [-0.05, 0) is 58.7 Å². The first-order valence-corrected chi connectivity index (χ1v) is 11.2. The zero-order chi connectivity index (χ0) is 21.5. The van der Waals surface area contributed by atoms with Gasteiger partial charge in [-0.2, -0.15) is 0 Å². The van der Waals surface area contributed by atoms with Crippen LogP contribution in [0.1, 0.15) is 0 Å². The van der Waals surface area contributed by atoms with E-state index < -0.39 is 9.84 Å². The minimum absolute atomic E-state index is 0.137. The molecule has 0 amide bonds. The van der Waals surface area contributed by atoms with Gasteiger partial charge in [-0.3, -0.25) is 0 Å². The zero-order valence-corrected chi connectivity index (χ0v) is 18.1. The first-order valence-electron chi connectivity index (χ1n) is 8.98. The second kappa shape index (κ2) is 7.74. The average molecular weight is 447 g/mol. The van der Waals surface area contributed by atoms with Gasteiger partial charge < -0.3 is 18.9 Å². The van der Waals surface area contributed by atoms with Gasteiger partial charge in [-0.25, -0.2) is 8.42 Å². The molecule has 0 aliphatic carbocycles. The Morgan fingerprint density at radius 3 is 1.80 bits per heavy atom. The van der Waals surface area contributed by atoms with Gasteiger partial charge in [0.05, 0.1) is 19.1 Å². The van der Waals surface area contributed by atoms with Gasteiger partial charge in [-0.1, -0.05) is 23.7 Å². The first kappa shape index (κ1) is 20.4. The predicted molar refractivity (Wildman–Crippen MR) is 115 cm³/mol. The summed E-state index contributed by atoms with van der Waals surface area (Å²) in [6, 6.07) is 14.1. The molecule has 0 spiro atoms. The fourth-order valence-corrected chi connectivity index (χ4v) is 4.22. The SMILES string of the molecule is COc1cc(-c2cc3c(cc2-c2ccc(S(C)(=O)=O)cc2)OCO3)cc(OC)c1Cl. The number of fused-ring (bicyclic) bond motifs is 1. The number of sulfone groups is 1. The predicted octanol–water partition coefficient (Wildman–Crippen LogP) is 4.82. The molecule has 0 unspecified atom stereocenters. The van der Waals surface area contributed by atoms with Gasteiger partial charge >= 0.3 is 0 Å². The molecule has 1 aliphatic rings. The van der Waals surface area contributed by atoms with Crippen molar-refractivity contribution in [3.8, 4) is 45.3 Å². The number of halogens is 1. The molecule has 0 aromatic heterocycles. The van der Waals surface area contributed by atoms with Crippen molar-refractivity contribution in [3.05, 3.63) is 53.6 Å². The molecule has 156 valence electrons. The molecule has 0 saturated carbocycles. The third-order valence-corrected chi connectivity index (χ3v) is 6.36. The molecule has 6 nitrogen and oxygen atoms in total. The van der Waals surface area contributed by atoms with Crippen LogP contribution in [-0.4, -0.2) is 35.7 Å². The van der Waals surface area contributed by atoms with E-state index in [9.17, 15) is 8.42 Å². The quantitative estimate of drug-likeness (QED) is 0.559. The lowest BCUT2D eigenvalue weighted by atomic mass is 9.93. The van der Waals surface area contributed by atoms with Crippen molar-refractivity contribution in [2.75, 3.05) is 27.3 Å². The third-order valence-electron chi connectivity index (χ3n) is 4.86. The summed E-state index contributed by atoms with van der Waals surface area (Å²) >= 11 is 6.33. The van der Waals surface area contributed by atoms with Crippen LogP contribution in [0.15, 0.2) is 53.4 Å². The van der Waals surface area contributed by atoms with Crippen LogP contribution in [0.2, 0.25) is 5.02 Å². The lowest BCUT2D eigenvalue weighted by Crippen LogP contribution is -1.96. The monoisotopic (exact) mass is 446 g/mol. The molecule has 3 aromatic carbocycles. The fraction of sp³-hybridized carbons (Fsp3) is 0.182. The minimum Gasteiger partial charge on any atom is -0.495 e. The van der Waals surface area contributed by atoms with E-state index in [-0.39, 0.29) is 11.7 Å². The summed E-state index contributed by atoms with van der Waals surface area (Å²) in [7, 11) is -0.216. The maximum absolute atomic E-state index is 11.8. The molecule has 0 atom stereocenters. The van der Waals surface area contributed by atoms with Crippen molar-refractivity contribution in [1.82, 2.24) is 0 Å². The van der Waals surface area contributed by atoms with Crippen LogP contribution >= 0.6 is 11.6 Å². The van der Waals surface area contributed by atoms with Crippen molar-refractivity contribution >= 4 is 21.4 Å². The van der Waals surface area contributed by atoms with Gasteiger partial charge in [0.2, 0.25) is 6.79 Å². The Balaban J connectivity index is 1.93. The summed E-state index contributed by atoms with van der Waals surface area (Å²) in [6.07, 6.45) is 1.18. The molecule has 3 aromatic rings. The van der Waals surface area contributed by atoms with E-state index in [0.717, 1.165) is 22.3 Å². The summed E-state index contributed by atoms with van der Waals surface area (Å²) in [4.78, 5) is 0.253. The summed E-state index contributed by atoms with van der Waals surface area (Å²) in [5, 5.41) is 0.378. The van der Waals surface area contributed by atoms with E-state index in [1.807, 2.05) is 24.3 Å². The highest BCUT2D eigenvalue weighted by atomic mass is 35.5. The van der Waals surface area contributed by atoms with Crippen molar-refractivity contribution in [2.24, 2.45) is 0 Å². The van der Waals surface area contributed by atoms with Gasteiger partial charge in [0.25, 0.3) is 0 Å². The number of hydrogen-bond acceptors (Lipinski definition) is 6. The minimum atomic E-state index is -3.29. The Morgan fingerprint density at radius 2 is 1.33 bits per heavy atom. The second-order valence-corrected chi connectivity index (χ2v) is 9.14. The maximum atomic E-state index is 11.8.